The van der Waals surface area contributed by atoms with Crippen LogP contribution in [-0.4, -0.2) is 50.6 Å². The highest BCUT2D eigenvalue weighted by Gasteiger charge is 2.26. The van der Waals surface area contributed by atoms with E-state index in [-0.39, 0.29) is 0 Å². The fourth-order valence-corrected chi connectivity index (χ4v) is 4.15. The molecule has 1 fully saturated rings. The van der Waals surface area contributed by atoms with Crippen molar-refractivity contribution in [3.05, 3.63) is 66.2 Å². The van der Waals surface area contributed by atoms with E-state index in [1.165, 1.54) is 18.4 Å². The predicted molar refractivity (Wildman–Crippen MR) is 120 cm³/mol. The minimum Gasteiger partial charge on any atom is -0.454 e. The second-order valence-electron chi connectivity index (χ2n) is 8.27. The van der Waals surface area contributed by atoms with Crippen LogP contribution in [0.15, 0.2) is 60.7 Å². The second-order valence-corrected chi connectivity index (χ2v) is 8.27. The first-order valence-electron chi connectivity index (χ1n) is 10.8. The largest absolute Gasteiger partial charge is 0.454 e. The maximum absolute atomic E-state index is 6.02. The van der Waals surface area contributed by atoms with Crippen molar-refractivity contribution >= 4 is 5.69 Å². The van der Waals surface area contributed by atoms with E-state index < -0.39 is 0 Å². The van der Waals surface area contributed by atoms with E-state index in [1.807, 2.05) is 13.0 Å². The minimum absolute atomic E-state index is 0.294. The van der Waals surface area contributed by atoms with Crippen LogP contribution in [0.4, 0.5) is 5.69 Å². The molecule has 0 aromatic heterocycles. The standard InChI is InChI=1S/C25H32N2O3/c1-20(2)17-28-18-23(26-12-6-7-13-26)16-27(15-21-8-4-3-5-9-21)22-10-11-24-25(14-22)30-19-29-24/h3-5,8-11,14,23H,1,6-7,12-13,15-19H2,2H3. The summed E-state index contributed by atoms with van der Waals surface area (Å²) in [5.74, 6) is 1.64. The molecular formula is C25H32N2O3. The van der Waals surface area contributed by atoms with Gasteiger partial charge in [0.25, 0.3) is 0 Å². The Balaban J connectivity index is 1.55. The molecule has 2 heterocycles. The lowest BCUT2D eigenvalue weighted by molar-refractivity contribution is 0.0844. The van der Waals surface area contributed by atoms with Crippen LogP contribution in [0.2, 0.25) is 0 Å². The van der Waals surface area contributed by atoms with Crippen LogP contribution in [0.25, 0.3) is 0 Å². The molecule has 1 atom stereocenters. The average Bonchev–Trinajstić information content (AvgIpc) is 3.44. The first-order chi connectivity index (χ1) is 14.7. The number of benzene rings is 2. The quantitative estimate of drug-likeness (QED) is 0.542. The fraction of sp³-hybridized carbons (Fsp3) is 0.440. The van der Waals surface area contributed by atoms with Gasteiger partial charge < -0.3 is 19.1 Å². The molecule has 1 unspecified atom stereocenters. The topological polar surface area (TPSA) is 34.2 Å². The summed E-state index contributed by atoms with van der Waals surface area (Å²) in [5, 5.41) is 0. The van der Waals surface area contributed by atoms with Gasteiger partial charge in [-0.1, -0.05) is 42.5 Å². The van der Waals surface area contributed by atoms with Gasteiger partial charge in [0, 0.05) is 24.8 Å². The predicted octanol–water partition coefficient (Wildman–Crippen LogP) is 4.48. The number of ether oxygens (including phenoxy) is 3. The van der Waals surface area contributed by atoms with Crippen molar-refractivity contribution < 1.29 is 14.2 Å². The number of hydrogen-bond donors (Lipinski definition) is 0. The maximum atomic E-state index is 6.02. The number of likely N-dealkylation sites (tertiary alicyclic amines) is 1. The molecule has 0 amide bonds. The van der Waals surface area contributed by atoms with Crippen molar-refractivity contribution in [3.63, 3.8) is 0 Å². The summed E-state index contributed by atoms with van der Waals surface area (Å²) >= 11 is 0. The summed E-state index contributed by atoms with van der Waals surface area (Å²) in [6.45, 7) is 11.6. The molecule has 30 heavy (non-hydrogen) atoms. The molecule has 0 spiro atoms. The van der Waals surface area contributed by atoms with E-state index in [0.717, 1.165) is 48.9 Å². The summed E-state index contributed by atoms with van der Waals surface area (Å²) < 4.78 is 17.2. The van der Waals surface area contributed by atoms with Gasteiger partial charge in [0.05, 0.1) is 19.3 Å². The SMILES string of the molecule is C=C(C)COCC(CN(Cc1ccccc1)c1ccc2c(c1)OCO2)N1CCCC1. The van der Waals surface area contributed by atoms with Crippen molar-refractivity contribution in [1.82, 2.24) is 4.90 Å². The van der Waals surface area contributed by atoms with Gasteiger partial charge in [-0.25, -0.2) is 0 Å². The number of fused-ring (bicyclic) bond motifs is 1. The van der Waals surface area contributed by atoms with Crippen molar-refractivity contribution in [2.45, 2.75) is 32.4 Å². The summed E-state index contributed by atoms with van der Waals surface area (Å²) in [6, 6.07) is 17.2. The molecule has 0 aliphatic carbocycles. The monoisotopic (exact) mass is 408 g/mol. The Hall–Kier alpha value is -2.50. The van der Waals surface area contributed by atoms with E-state index in [0.29, 0.717) is 26.0 Å². The lowest BCUT2D eigenvalue weighted by Gasteiger charge is -2.34. The van der Waals surface area contributed by atoms with Crippen LogP contribution in [-0.2, 0) is 11.3 Å². The Morgan fingerprint density at radius 1 is 1.10 bits per heavy atom. The third-order valence-electron chi connectivity index (χ3n) is 5.68. The van der Waals surface area contributed by atoms with Crippen LogP contribution in [0.3, 0.4) is 0 Å². The van der Waals surface area contributed by atoms with Gasteiger partial charge in [-0.05, 0) is 50.6 Å². The van der Waals surface area contributed by atoms with Gasteiger partial charge in [0.1, 0.15) is 0 Å². The number of anilines is 1. The molecule has 0 saturated carbocycles. The molecule has 0 radical (unpaired) electrons. The normalized spacial score (nSPS) is 16.6. The smallest absolute Gasteiger partial charge is 0.231 e. The fourth-order valence-electron chi connectivity index (χ4n) is 4.15. The Bertz CT molecular complexity index is 834. The van der Waals surface area contributed by atoms with Gasteiger partial charge in [-0.3, -0.25) is 4.90 Å². The first-order valence-corrected chi connectivity index (χ1v) is 10.8. The Morgan fingerprint density at radius 3 is 2.63 bits per heavy atom. The number of nitrogens with zero attached hydrogens (tertiary/aromatic N) is 2. The molecule has 0 N–H and O–H groups in total. The molecule has 2 aromatic carbocycles. The van der Waals surface area contributed by atoms with Gasteiger partial charge >= 0.3 is 0 Å². The van der Waals surface area contributed by atoms with Crippen molar-refractivity contribution in [1.29, 1.82) is 0 Å². The van der Waals surface area contributed by atoms with E-state index in [2.05, 4.69) is 58.8 Å². The van der Waals surface area contributed by atoms with Gasteiger partial charge in [0.2, 0.25) is 6.79 Å². The molecule has 2 aliphatic rings. The maximum Gasteiger partial charge on any atom is 0.231 e. The van der Waals surface area contributed by atoms with Crippen LogP contribution >= 0.6 is 0 Å². The van der Waals surface area contributed by atoms with Crippen molar-refractivity contribution in [2.24, 2.45) is 0 Å². The van der Waals surface area contributed by atoms with Crippen LogP contribution < -0.4 is 14.4 Å². The molecule has 160 valence electrons. The van der Waals surface area contributed by atoms with Gasteiger partial charge in [0.15, 0.2) is 11.5 Å². The Kier molecular flexibility index (Phi) is 6.92. The van der Waals surface area contributed by atoms with Crippen molar-refractivity contribution in [2.75, 3.05) is 44.5 Å². The van der Waals surface area contributed by atoms with Crippen molar-refractivity contribution in [3.8, 4) is 11.5 Å². The molecule has 2 aromatic rings. The highest BCUT2D eigenvalue weighted by molar-refractivity contribution is 5.57. The summed E-state index contributed by atoms with van der Waals surface area (Å²) in [5.41, 5.74) is 3.50. The number of rotatable bonds is 10. The molecule has 4 rings (SSSR count). The minimum atomic E-state index is 0.294. The Labute approximate surface area is 179 Å². The molecule has 2 aliphatic heterocycles. The van der Waals surface area contributed by atoms with Gasteiger partial charge in [-0.2, -0.15) is 0 Å². The average molecular weight is 409 g/mol. The lowest BCUT2D eigenvalue weighted by atomic mass is 10.1. The van der Waals surface area contributed by atoms with E-state index in [9.17, 15) is 0 Å². The summed E-state index contributed by atoms with van der Waals surface area (Å²) in [6.07, 6.45) is 2.53. The first kappa shape index (κ1) is 20.8. The Morgan fingerprint density at radius 2 is 1.87 bits per heavy atom. The second kappa shape index (κ2) is 10.0. The molecule has 0 bridgehead atoms. The zero-order valence-corrected chi connectivity index (χ0v) is 17.9. The van der Waals surface area contributed by atoms with E-state index in [4.69, 9.17) is 14.2 Å². The van der Waals surface area contributed by atoms with E-state index in [1.54, 1.807) is 0 Å². The number of hydrogen-bond acceptors (Lipinski definition) is 5. The lowest BCUT2D eigenvalue weighted by Crippen LogP contribution is -2.45. The van der Waals surface area contributed by atoms with E-state index >= 15 is 0 Å². The third kappa shape index (κ3) is 5.35. The summed E-state index contributed by atoms with van der Waals surface area (Å²) in [7, 11) is 0. The third-order valence-corrected chi connectivity index (χ3v) is 5.68. The highest BCUT2D eigenvalue weighted by atomic mass is 16.7. The van der Waals surface area contributed by atoms with Crippen LogP contribution in [0, 0.1) is 0 Å². The molecule has 5 heteroatoms. The molecular weight excluding hydrogens is 376 g/mol. The molecule has 5 nitrogen and oxygen atoms in total. The summed E-state index contributed by atoms with van der Waals surface area (Å²) in [4.78, 5) is 5.01. The zero-order chi connectivity index (χ0) is 20.8. The molecule has 1 saturated heterocycles. The van der Waals surface area contributed by atoms with Gasteiger partial charge in [-0.15, -0.1) is 0 Å². The van der Waals surface area contributed by atoms with Crippen LogP contribution in [0.5, 0.6) is 11.5 Å². The zero-order valence-electron chi connectivity index (χ0n) is 17.9. The van der Waals surface area contributed by atoms with Crippen LogP contribution in [0.1, 0.15) is 25.3 Å². The highest BCUT2D eigenvalue weighted by Crippen LogP contribution is 2.36.